The molecule has 2 aromatic rings. The average Bonchev–Trinajstić information content (AvgIpc) is 2.49. The topological polar surface area (TPSA) is 21.3 Å². The summed E-state index contributed by atoms with van der Waals surface area (Å²) in [4.78, 5) is 0. The van der Waals surface area contributed by atoms with Gasteiger partial charge in [-0.1, -0.05) is 43.3 Å². The van der Waals surface area contributed by atoms with Crippen molar-refractivity contribution in [3.63, 3.8) is 0 Å². The summed E-state index contributed by atoms with van der Waals surface area (Å²) in [7, 11) is 0. The molecule has 0 aliphatic rings. The SMILES string of the molecule is C=CCNCc1c(OC(C)CC)ccc2ccccc12. The molecule has 1 atom stereocenters. The number of benzene rings is 2. The lowest BCUT2D eigenvalue weighted by Gasteiger charge is -2.18. The zero-order valence-corrected chi connectivity index (χ0v) is 12.4. The molecule has 0 saturated carbocycles. The van der Waals surface area contributed by atoms with Crippen LogP contribution in [0.25, 0.3) is 10.8 Å². The van der Waals surface area contributed by atoms with Gasteiger partial charge < -0.3 is 10.1 Å². The number of hydrogen-bond donors (Lipinski definition) is 1. The van der Waals surface area contributed by atoms with Crippen LogP contribution in [0.2, 0.25) is 0 Å². The molecule has 0 aliphatic heterocycles. The Morgan fingerprint density at radius 2 is 2.05 bits per heavy atom. The highest BCUT2D eigenvalue weighted by Crippen LogP contribution is 2.29. The zero-order chi connectivity index (χ0) is 14.4. The molecule has 2 nitrogen and oxygen atoms in total. The van der Waals surface area contributed by atoms with Crippen LogP contribution in [0.15, 0.2) is 49.1 Å². The lowest BCUT2D eigenvalue weighted by Crippen LogP contribution is -2.16. The van der Waals surface area contributed by atoms with E-state index in [1.54, 1.807) is 0 Å². The minimum absolute atomic E-state index is 0.231. The Balaban J connectivity index is 2.38. The van der Waals surface area contributed by atoms with Crippen LogP contribution in [0.1, 0.15) is 25.8 Å². The van der Waals surface area contributed by atoms with E-state index < -0.39 is 0 Å². The van der Waals surface area contributed by atoms with Crippen LogP contribution in [0.3, 0.4) is 0 Å². The predicted molar refractivity (Wildman–Crippen MR) is 86.2 cm³/mol. The van der Waals surface area contributed by atoms with Crippen LogP contribution in [0.4, 0.5) is 0 Å². The highest BCUT2D eigenvalue weighted by molar-refractivity contribution is 5.87. The molecule has 0 spiro atoms. The van der Waals surface area contributed by atoms with Crippen molar-refractivity contribution in [1.82, 2.24) is 5.32 Å². The van der Waals surface area contributed by atoms with Crippen molar-refractivity contribution >= 4 is 10.8 Å². The maximum absolute atomic E-state index is 6.07. The van der Waals surface area contributed by atoms with Crippen molar-refractivity contribution in [2.45, 2.75) is 32.9 Å². The first-order chi connectivity index (χ1) is 9.76. The van der Waals surface area contributed by atoms with Gasteiger partial charge in [0.1, 0.15) is 5.75 Å². The van der Waals surface area contributed by atoms with Crippen LogP contribution in [0, 0.1) is 0 Å². The Morgan fingerprint density at radius 3 is 2.80 bits per heavy atom. The molecule has 0 heterocycles. The van der Waals surface area contributed by atoms with Crippen LogP contribution < -0.4 is 10.1 Å². The fourth-order valence-corrected chi connectivity index (χ4v) is 2.21. The molecule has 0 amide bonds. The summed E-state index contributed by atoms with van der Waals surface area (Å²) in [5.41, 5.74) is 1.23. The van der Waals surface area contributed by atoms with E-state index in [9.17, 15) is 0 Å². The number of hydrogen-bond acceptors (Lipinski definition) is 2. The third-order valence-electron chi connectivity index (χ3n) is 3.49. The standard InChI is InChI=1S/C18H23NO/c1-4-12-19-13-17-16-9-7-6-8-15(16)10-11-18(17)20-14(3)5-2/h4,6-11,14,19H,1,5,12-13H2,2-3H3. The van der Waals surface area contributed by atoms with Gasteiger partial charge in [-0.15, -0.1) is 6.58 Å². The van der Waals surface area contributed by atoms with E-state index in [0.29, 0.717) is 0 Å². The lowest BCUT2D eigenvalue weighted by atomic mass is 10.0. The molecule has 106 valence electrons. The van der Waals surface area contributed by atoms with Crippen LogP contribution in [-0.4, -0.2) is 12.6 Å². The van der Waals surface area contributed by atoms with E-state index in [1.165, 1.54) is 16.3 Å². The summed E-state index contributed by atoms with van der Waals surface area (Å²) in [6.07, 6.45) is 3.11. The molecule has 0 saturated heterocycles. The van der Waals surface area contributed by atoms with Gasteiger partial charge in [0.15, 0.2) is 0 Å². The van der Waals surface area contributed by atoms with Crippen molar-refractivity contribution in [3.05, 3.63) is 54.6 Å². The fraction of sp³-hybridized carbons (Fsp3) is 0.333. The summed E-state index contributed by atoms with van der Waals surface area (Å²) < 4.78 is 6.07. The summed E-state index contributed by atoms with van der Waals surface area (Å²) in [5.74, 6) is 0.981. The van der Waals surface area contributed by atoms with Crippen molar-refractivity contribution in [1.29, 1.82) is 0 Å². The first-order valence-electron chi connectivity index (χ1n) is 7.25. The molecule has 1 unspecified atom stereocenters. The molecular formula is C18H23NO. The van der Waals surface area contributed by atoms with Crippen molar-refractivity contribution in [3.8, 4) is 5.75 Å². The van der Waals surface area contributed by atoms with E-state index in [0.717, 1.165) is 25.3 Å². The van der Waals surface area contributed by atoms with Crippen LogP contribution in [0.5, 0.6) is 5.75 Å². The van der Waals surface area contributed by atoms with E-state index in [2.05, 4.69) is 62.1 Å². The van der Waals surface area contributed by atoms with Gasteiger partial charge in [-0.2, -0.15) is 0 Å². The van der Waals surface area contributed by atoms with Gasteiger partial charge >= 0.3 is 0 Å². The first-order valence-corrected chi connectivity index (χ1v) is 7.25. The highest BCUT2D eigenvalue weighted by atomic mass is 16.5. The monoisotopic (exact) mass is 269 g/mol. The van der Waals surface area contributed by atoms with Crippen molar-refractivity contribution in [2.24, 2.45) is 0 Å². The molecule has 2 aromatic carbocycles. The second kappa shape index (κ2) is 7.11. The van der Waals surface area contributed by atoms with Gasteiger partial charge in [0.2, 0.25) is 0 Å². The van der Waals surface area contributed by atoms with E-state index >= 15 is 0 Å². The maximum atomic E-state index is 6.07. The Hall–Kier alpha value is -1.80. The smallest absolute Gasteiger partial charge is 0.124 e. The van der Waals surface area contributed by atoms with Gasteiger partial charge in [0, 0.05) is 18.7 Å². The Labute approximate surface area is 121 Å². The third-order valence-corrected chi connectivity index (χ3v) is 3.49. The largest absolute Gasteiger partial charge is 0.490 e. The molecule has 0 bridgehead atoms. The Morgan fingerprint density at radius 1 is 1.25 bits per heavy atom. The van der Waals surface area contributed by atoms with E-state index in [1.807, 2.05) is 6.08 Å². The first kappa shape index (κ1) is 14.6. The number of fused-ring (bicyclic) bond motifs is 1. The van der Waals surface area contributed by atoms with E-state index in [-0.39, 0.29) is 6.10 Å². The zero-order valence-electron chi connectivity index (χ0n) is 12.4. The van der Waals surface area contributed by atoms with Crippen LogP contribution in [-0.2, 0) is 6.54 Å². The molecule has 1 N–H and O–H groups in total. The van der Waals surface area contributed by atoms with Gasteiger partial charge in [-0.3, -0.25) is 0 Å². The summed E-state index contributed by atoms with van der Waals surface area (Å²) in [6, 6.07) is 12.7. The Bertz CT molecular complexity index is 577. The number of ether oxygens (including phenoxy) is 1. The number of nitrogens with one attached hydrogen (secondary N) is 1. The second-order valence-electron chi connectivity index (χ2n) is 5.02. The predicted octanol–water partition coefficient (Wildman–Crippen LogP) is 4.29. The average molecular weight is 269 g/mol. The second-order valence-corrected chi connectivity index (χ2v) is 5.02. The summed E-state index contributed by atoms with van der Waals surface area (Å²) in [5, 5.41) is 5.88. The minimum Gasteiger partial charge on any atom is -0.490 e. The molecule has 20 heavy (non-hydrogen) atoms. The van der Waals surface area contributed by atoms with Gasteiger partial charge in [0.25, 0.3) is 0 Å². The quantitative estimate of drug-likeness (QED) is 0.598. The molecule has 0 aromatic heterocycles. The minimum atomic E-state index is 0.231. The normalized spacial score (nSPS) is 12.3. The van der Waals surface area contributed by atoms with Gasteiger partial charge in [0.05, 0.1) is 6.10 Å². The molecule has 2 rings (SSSR count). The number of rotatable bonds is 7. The third kappa shape index (κ3) is 3.40. The maximum Gasteiger partial charge on any atom is 0.124 e. The van der Waals surface area contributed by atoms with Gasteiger partial charge in [-0.05, 0) is 30.2 Å². The van der Waals surface area contributed by atoms with Crippen molar-refractivity contribution in [2.75, 3.05) is 6.54 Å². The summed E-state index contributed by atoms with van der Waals surface area (Å²) >= 11 is 0. The Kier molecular flexibility index (Phi) is 5.19. The van der Waals surface area contributed by atoms with Crippen molar-refractivity contribution < 1.29 is 4.74 Å². The van der Waals surface area contributed by atoms with Crippen LogP contribution >= 0.6 is 0 Å². The molecule has 0 radical (unpaired) electrons. The molecule has 0 fully saturated rings. The summed E-state index contributed by atoms with van der Waals surface area (Å²) in [6.45, 7) is 9.58. The molecule has 2 heteroatoms. The molecule has 0 aliphatic carbocycles. The highest BCUT2D eigenvalue weighted by Gasteiger charge is 2.10. The lowest BCUT2D eigenvalue weighted by molar-refractivity contribution is 0.215. The van der Waals surface area contributed by atoms with E-state index in [4.69, 9.17) is 4.74 Å². The fourth-order valence-electron chi connectivity index (χ4n) is 2.21. The molecular weight excluding hydrogens is 246 g/mol. The van der Waals surface area contributed by atoms with Gasteiger partial charge in [-0.25, -0.2) is 0 Å².